The van der Waals surface area contributed by atoms with Crippen molar-refractivity contribution >= 4 is 11.3 Å². The Bertz CT molecular complexity index is 448. The molecule has 3 heteroatoms. The smallest absolute Gasteiger partial charge is 0.119 e. The number of rotatable bonds is 8. The van der Waals surface area contributed by atoms with Crippen molar-refractivity contribution in [2.24, 2.45) is 0 Å². The number of benzene rings is 1. The first-order valence-corrected chi connectivity index (χ1v) is 7.66. The number of hydrogen-bond acceptors (Lipinski definition) is 3. The standard InChI is InChI=1S/C16H20O2S/c17-11-3-1-2-4-12-18-15-9-7-14(8-10-15)16-6-5-13-19-16/h5-10,13,17H,1-4,11-12H2. The fourth-order valence-electron chi connectivity index (χ4n) is 1.92. The summed E-state index contributed by atoms with van der Waals surface area (Å²) in [6, 6.07) is 12.5. The normalized spacial score (nSPS) is 10.6. The highest BCUT2D eigenvalue weighted by Crippen LogP contribution is 2.26. The molecule has 0 aliphatic heterocycles. The summed E-state index contributed by atoms with van der Waals surface area (Å²) in [5, 5.41) is 10.8. The van der Waals surface area contributed by atoms with Crippen LogP contribution in [-0.2, 0) is 0 Å². The minimum Gasteiger partial charge on any atom is -0.494 e. The lowest BCUT2D eigenvalue weighted by atomic mass is 10.2. The minimum atomic E-state index is 0.297. The van der Waals surface area contributed by atoms with E-state index in [9.17, 15) is 0 Å². The summed E-state index contributed by atoms with van der Waals surface area (Å²) in [5.74, 6) is 0.933. The number of aliphatic hydroxyl groups is 1. The van der Waals surface area contributed by atoms with Crippen molar-refractivity contribution in [2.75, 3.05) is 13.2 Å². The zero-order valence-electron chi connectivity index (χ0n) is 11.0. The van der Waals surface area contributed by atoms with Crippen LogP contribution in [0, 0.1) is 0 Å². The number of unbranched alkanes of at least 4 members (excludes halogenated alkanes) is 3. The van der Waals surface area contributed by atoms with Gasteiger partial charge in [-0.05, 0) is 60.5 Å². The van der Waals surface area contributed by atoms with E-state index >= 15 is 0 Å². The number of ether oxygens (including phenoxy) is 1. The third-order valence-electron chi connectivity index (χ3n) is 2.98. The van der Waals surface area contributed by atoms with Gasteiger partial charge in [0, 0.05) is 11.5 Å². The average Bonchev–Trinajstić information content (AvgIpc) is 2.97. The van der Waals surface area contributed by atoms with Gasteiger partial charge in [-0.3, -0.25) is 0 Å². The van der Waals surface area contributed by atoms with Crippen molar-refractivity contribution in [2.45, 2.75) is 25.7 Å². The van der Waals surface area contributed by atoms with E-state index in [1.54, 1.807) is 11.3 Å². The first-order valence-electron chi connectivity index (χ1n) is 6.78. The van der Waals surface area contributed by atoms with E-state index in [4.69, 9.17) is 9.84 Å². The van der Waals surface area contributed by atoms with Gasteiger partial charge in [-0.15, -0.1) is 11.3 Å². The van der Waals surface area contributed by atoms with Gasteiger partial charge in [0.05, 0.1) is 6.61 Å². The third kappa shape index (κ3) is 4.69. The number of thiophene rings is 1. The molecule has 0 unspecified atom stereocenters. The van der Waals surface area contributed by atoms with Gasteiger partial charge in [-0.1, -0.05) is 12.5 Å². The molecule has 2 rings (SSSR count). The van der Waals surface area contributed by atoms with Crippen molar-refractivity contribution in [3.63, 3.8) is 0 Å². The van der Waals surface area contributed by atoms with Crippen LogP contribution in [0.3, 0.4) is 0 Å². The quantitative estimate of drug-likeness (QED) is 0.726. The minimum absolute atomic E-state index is 0.297. The molecule has 0 spiro atoms. The van der Waals surface area contributed by atoms with Gasteiger partial charge in [0.1, 0.15) is 5.75 Å². The highest BCUT2D eigenvalue weighted by molar-refractivity contribution is 7.13. The summed E-state index contributed by atoms with van der Waals surface area (Å²) in [7, 11) is 0. The largest absolute Gasteiger partial charge is 0.494 e. The van der Waals surface area contributed by atoms with Crippen molar-refractivity contribution in [3.8, 4) is 16.2 Å². The predicted octanol–water partition coefficient (Wildman–Crippen LogP) is 4.35. The lowest BCUT2D eigenvalue weighted by Crippen LogP contribution is -1.97. The second-order valence-corrected chi connectivity index (χ2v) is 5.44. The summed E-state index contributed by atoms with van der Waals surface area (Å²) in [5.41, 5.74) is 1.24. The molecule has 0 fully saturated rings. The predicted molar refractivity (Wildman–Crippen MR) is 80.8 cm³/mol. The van der Waals surface area contributed by atoms with Gasteiger partial charge in [-0.25, -0.2) is 0 Å². The number of aliphatic hydroxyl groups excluding tert-OH is 1. The third-order valence-corrected chi connectivity index (χ3v) is 3.90. The molecule has 102 valence electrons. The fourth-order valence-corrected chi connectivity index (χ4v) is 2.65. The summed E-state index contributed by atoms with van der Waals surface area (Å²) in [6.45, 7) is 1.05. The van der Waals surface area contributed by atoms with Crippen molar-refractivity contribution < 1.29 is 9.84 Å². The van der Waals surface area contributed by atoms with Gasteiger partial charge in [-0.2, -0.15) is 0 Å². The molecule has 0 saturated carbocycles. The molecule has 1 heterocycles. The van der Waals surface area contributed by atoms with E-state index in [0.717, 1.165) is 38.0 Å². The Balaban J connectivity index is 1.73. The van der Waals surface area contributed by atoms with Gasteiger partial charge in [0.15, 0.2) is 0 Å². The van der Waals surface area contributed by atoms with Crippen LogP contribution >= 0.6 is 11.3 Å². The van der Waals surface area contributed by atoms with E-state index in [1.165, 1.54) is 10.4 Å². The fraction of sp³-hybridized carbons (Fsp3) is 0.375. The first kappa shape index (κ1) is 14.1. The van der Waals surface area contributed by atoms with Gasteiger partial charge < -0.3 is 9.84 Å². The van der Waals surface area contributed by atoms with E-state index in [0.29, 0.717) is 6.61 Å². The van der Waals surface area contributed by atoms with Crippen LogP contribution in [0.25, 0.3) is 10.4 Å². The maximum atomic E-state index is 8.67. The molecule has 19 heavy (non-hydrogen) atoms. The van der Waals surface area contributed by atoms with Crippen molar-refractivity contribution in [1.29, 1.82) is 0 Å². The molecule has 1 N–H and O–H groups in total. The van der Waals surface area contributed by atoms with Gasteiger partial charge >= 0.3 is 0 Å². The zero-order valence-corrected chi connectivity index (χ0v) is 11.9. The van der Waals surface area contributed by atoms with E-state index in [2.05, 4.69) is 29.6 Å². The Morgan fingerprint density at radius 2 is 1.74 bits per heavy atom. The number of hydrogen-bond donors (Lipinski definition) is 1. The lowest BCUT2D eigenvalue weighted by molar-refractivity contribution is 0.273. The molecular weight excluding hydrogens is 256 g/mol. The Kier molecular flexibility index (Phi) is 5.92. The molecule has 1 aromatic heterocycles. The molecule has 1 aromatic carbocycles. The monoisotopic (exact) mass is 276 g/mol. The SMILES string of the molecule is OCCCCCCOc1ccc(-c2cccs2)cc1. The molecule has 2 nitrogen and oxygen atoms in total. The molecule has 0 radical (unpaired) electrons. The highest BCUT2D eigenvalue weighted by atomic mass is 32.1. The summed E-state index contributed by atoms with van der Waals surface area (Å²) in [6.07, 6.45) is 4.15. The molecule has 0 atom stereocenters. The molecule has 0 aliphatic carbocycles. The summed E-state index contributed by atoms with van der Waals surface area (Å²) < 4.78 is 5.70. The van der Waals surface area contributed by atoms with E-state index in [1.807, 2.05) is 12.1 Å². The highest BCUT2D eigenvalue weighted by Gasteiger charge is 1.99. The van der Waals surface area contributed by atoms with Crippen LogP contribution < -0.4 is 4.74 Å². The van der Waals surface area contributed by atoms with Crippen LogP contribution in [0.5, 0.6) is 5.75 Å². The van der Waals surface area contributed by atoms with Crippen molar-refractivity contribution in [3.05, 3.63) is 41.8 Å². The van der Waals surface area contributed by atoms with Crippen LogP contribution in [0.1, 0.15) is 25.7 Å². The van der Waals surface area contributed by atoms with Crippen LogP contribution in [0.2, 0.25) is 0 Å². The van der Waals surface area contributed by atoms with Gasteiger partial charge in [0.25, 0.3) is 0 Å². The topological polar surface area (TPSA) is 29.5 Å². The second-order valence-electron chi connectivity index (χ2n) is 4.49. The molecule has 0 aliphatic rings. The summed E-state index contributed by atoms with van der Waals surface area (Å²) in [4.78, 5) is 1.29. The summed E-state index contributed by atoms with van der Waals surface area (Å²) >= 11 is 1.75. The van der Waals surface area contributed by atoms with Crippen LogP contribution in [0.4, 0.5) is 0 Å². The van der Waals surface area contributed by atoms with E-state index in [-0.39, 0.29) is 0 Å². The Morgan fingerprint density at radius 1 is 0.947 bits per heavy atom. The first-order chi connectivity index (χ1) is 9.40. The van der Waals surface area contributed by atoms with Crippen molar-refractivity contribution in [1.82, 2.24) is 0 Å². The maximum absolute atomic E-state index is 8.67. The Hall–Kier alpha value is -1.32. The molecule has 0 amide bonds. The Labute approximate surface area is 118 Å². The molecule has 0 saturated heterocycles. The maximum Gasteiger partial charge on any atom is 0.119 e. The van der Waals surface area contributed by atoms with E-state index < -0.39 is 0 Å². The van der Waals surface area contributed by atoms with Crippen LogP contribution in [-0.4, -0.2) is 18.3 Å². The molecule has 2 aromatic rings. The molecular formula is C16H20O2S. The Morgan fingerprint density at radius 3 is 2.42 bits per heavy atom. The molecule has 0 bridgehead atoms. The van der Waals surface area contributed by atoms with Gasteiger partial charge in [0.2, 0.25) is 0 Å². The average molecular weight is 276 g/mol. The van der Waals surface area contributed by atoms with Crippen LogP contribution in [0.15, 0.2) is 41.8 Å². The second kappa shape index (κ2) is 7.97. The zero-order chi connectivity index (χ0) is 13.3. The lowest BCUT2D eigenvalue weighted by Gasteiger charge is -2.06.